The first kappa shape index (κ1) is 23.4. The van der Waals surface area contributed by atoms with Crippen molar-refractivity contribution in [1.29, 1.82) is 0 Å². The van der Waals surface area contributed by atoms with Gasteiger partial charge in [-0.2, -0.15) is 0 Å². The summed E-state index contributed by atoms with van der Waals surface area (Å²) in [4.78, 5) is 32.3. The standard InChI is InChI=1S/C22H31N7O3/c1-4-32-12-17-26-19-20(15-8-5-6-9-16(15)25-21(19)23)29(17)13-22(2,3)27-18(31)10-7-11-28(24)14-30/h5-6,8-9,14H,4,7,10-13,24H2,1-3H3,(H2,23,25)(H,27,31). The molecule has 172 valence electrons. The monoisotopic (exact) mass is 441 g/mol. The quantitative estimate of drug-likeness (QED) is 0.178. The summed E-state index contributed by atoms with van der Waals surface area (Å²) in [5, 5.41) is 5.04. The number of rotatable bonds is 11. The van der Waals surface area contributed by atoms with Gasteiger partial charge in [0.15, 0.2) is 5.82 Å². The van der Waals surface area contributed by atoms with Crippen molar-refractivity contribution < 1.29 is 14.3 Å². The van der Waals surface area contributed by atoms with E-state index >= 15 is 0 Å². The minimum atomic E-state index is -0.585. The van der Waals surface area contributed by atoms with Crippen molar-refractivity contribution in [2.24, 2.45) is 5.84 Å². The van der Waals surface area contributed by atoms with Crippen molar-refractivity contribution in [3.63, 3.8) is 0 Å². The normalized spacial score (nSPS) is 11.8. The zero-order chi connectivity index (χ0) is 23.3. The number of ether oxygens (including phenoxy) is 1. The molecule has 0 aliphatic heterocycles. The Morgan fingerprint density at radius 1 is 1.31 bits per heavy atom. The maximum absolute atomic E-state index is 12.5. The molecular formula is C22H31N7O3. The number of hydrogen-bond acceptors (Lipinski definition) is 7. The number of nitrogens with zero attached hydrogens (tertiary/aromatic N) is 4. The molecule has 1 aromatic carbocycles. The molecule has 0 unspecified atom stereocenters. The maximum Gasteiger partial charge on any atom is 0.223 e. The van der Waals surface area contributed by atoms with Gasteiger partial charge in [-0.3, -0.25) is 14.6 Å². The van der Waals surface area contributed by atoms with Crippen molar-refractivity contribution >= 4 is 40.1 Å². The summed E-state index contributed by atoms with van der Waals surface area (Å²) < 4.78 is 7.70. The van der Waals surface area contributed by atoms with E-state index in [4.69, 9.17) is 21.3 Å². The molecule has 3 aromatic rings. The second-order valence-corrected chi connectivity index (χ2v) is 8.34. The minimum Gasteiger partial charge on any atom is -0.382 e. The predicted molar refractivity (Wildman–Crippen MR) is 123 cm³/mol. The molecule has 10 heteroatoms. The molecule has 0 saturated carbocycles. The predicted octanol–water partition coefficient (Wildman–Crippen LogP) is 1.71. The number of benzene rings is 1. The SMILES string of the molecule is CCOCc1nc2c(N)nc3ccccc3c2n1CC(C)(C)NC(=O)CCCN(N)C=O. The highest BCUT2D eigenvalue weighted by Crippen LogP contribution is 2.30. The number of imidazole rings is 1. The lowest BCUT2D eigenvalue weighted by molar-refractivity contribution is -0.124. The molecule has 0 spiro atoms. The number of aromatic nitrogens is 3. The van der Waals surface area contributed by atoms with Gasteiger partial charge in [0.1, 0.15) is 17.9 Å². The Bertz CT molecular complexity index is 1110. The number of hydrazine groups is 1. The summed E-state index contributed by atoms with van der Waals surface area (Å²) in [5.74, 6) is 6.41. The van der Waals surface area contributed by atoms with Gasteiger partial charge in [-0.05, 0) is 33.3 Å². The van der Waals surface area contributed by atoms with Crippen LogP contribution in [-0.2, 0) is 27.5 Å². The zero-order valence-corrected chi connectivity index (χ0v) is 18.8. The maximum atomic E-state index is 12.5. The molecular weight excluding hydrogens is 410 g/mol. The Labute approximate surface area is 186 Å². The van der Waals surface area contributed by atoms with Gasteiger partial charge in [0, 0.05) is 31.5 Å². The summed E-state index contributed by atoms with van der Waals surface area (Å²) in [6.07, 6.45) is 1.28. The fourth-order valence-electron chi connectivity index (χ4n) is 3.73. The average Bonchev–Trinajstić information content (AvgIpc) is 3.10. The third-order valence-electron chi connectivity index (χ3n) is 5.11. The van der Waals surface area contributed by atoms with E-state index in [9.17, 15) is 9.59 Å². The van der Waals surface area contributed by atoms with Crippen molar-refractivity contribution in [2.45, 2.75) is 52.3 Å². The lowest BCUT2D eigenvalue weighted by atomic mass is 10.0. The molecule has 2 amide bonds. The van der Waals surface area contributed by atoms with Crippen LogP contribution >= 0.6 is 0 Å². The third kappa shape index (κ3) is 5.32. The van der Waals surface area contributed by atoms with Gasteiger partial charge >= 0.3 is 0 Å². The molecule has 10 nitrogen and oxygen atoms in total. The number of fused-ring (bicyclic) bond motifs is 3. The van der Waals surface area contributed by atoms with Crippen LogP contribution < -0.4 is 16.9 Å². The summed E-state index contributed by atoms with van der Waals surface area (Å²) in [6.45, 7) is 7.49. The molecule has 0 radical (unpaired) electrons. The molecule has 0 aliphatic rings. The van der Waals surface area contributed by atoms with Crippen LogP contribution in [0.2, 0.25) is 0 Å². The minimum absolute atomic E-state index is 0.115. The molecule has 5 N–H and O–H groups in total. The van der Waals surface area contributed by atoms with E-state index in [1.54, 1.807) is 0 Å². The highest BCUT2D eigenvalue weighted by molar-refractivity contribution is 6.06. The van der Waals surface area contributed by atoms with E-state index in [0.717, 1.165) is 27.3 Å². The highest BCUT2D eigenvalue weighted by atomic mass is 16.5. The van der Waals surface area contributed by atoms with Crippen LogP contribution in [0, 0.1) is 0 Å². The summed E-state index contributed by atoms with van der Waals surface area (Å²) in [5.41, 5.74) is 7.92. The van der Waals surface area contributed by atoms with Gasteiger partial charge in [-0.15, -0.1) is 0 Å². The van der Waals surface area contributed by atoms with Gasteiger partial charge in [0.25, 0.3) is 0 Å². The number of hydrogen-bond donors (Lipinski definition) is 3. The molecule has 0 atom stereocenters. The van der Waals surface area contributed by atoms with E-state index in [1.165, 1.54) is 0 Å². The number of nitrogens with two attached hydrogens (primary N) is 2. The van der Waals surface area contributed by atoms with Crippen LogP contribution in [0.15, 0.2) is 24.3 Å². The van der Waals surface area contributed by atoms with Crippen LogP contribution in [0.5, 0.6) is 0 Å². The van der Waals surface area contributed by atoms with E-state index in [1.807, 2.05) is 45.0 Å². The first-order valence-corrected chi connectivity index (χ1v) is 10.6. The molecule has 0 aliphatic carbocycles. The Balaban J connectivity index is 1.92. The first-order valence-electron chi connectivity index (χ1n) is 10.6. The van der Waals surface area contributed by atoms with Gasteiger partial charge < -0.3 is 20.4 Å². The molecule has 0 bridgehead atoms. The van der Waals surface area contributed by atoms with Crippen molar-refractivity contribution in [3.8, 4) is 0 Å². The number of pyridine rings is 1. The van der Waals surface area contributed by atoms with E-state index in [2.05, 4.69) is 14.9 Å². The number of anilines is 1. The number of carbonyl (C=O) groups is 2. The second kappa shape index (κ2) is 9.92. The number of nitrogen functional groups attached to an aromatic ring is 1. The van der Waals surface area contributed by atoms with Crippen molar-refractivity contribution in [2.75, 3.05) is 18.9 Å². The summed E-state index contributed by atoms with van der Waals surface area (Å²) >= 11 is 0. The van der Waals surface area contributed by atoms with E-state index < -0.39 is 5.54 Å². The lowest BCUT2D eigenvalue weighted by Gasteiger charge is -2.28. The molecule has 0 fully saturated rings. The van der Waals surface area contributed by atoms with Crippen LogP contribution in [-0.4, -0.2) is 50.6 Å². The fraction of sp³-hybridized carbons (Fsp3) is 0.455. The van der Waals surface area contributed by atoms with Gasteiger partial charge in [0.05, 0.1) is 16.6 Å². The Morgan fingerprint density at radius 2 is 2.06 bits per heavy atom. The topological polar surface area (TPSA) is 141 Å². The Morgan fingerprint density at radius 3 is 2.78 bits per heavy atom. The number of nitrogens with one attached hydrogen (secondary N) is 1. The third-order valence-corrected chi connectivity index (χ3v) is 5.11. The summed E-state index contributed by atoms with van der Waals surface area (Å²) in [7, 11) is 0. The smallest absolute Gasteiger partial charge is 0.223 e. The lowest BCUT2D eigenvalue weighted by Crippen LogP contribution is -2.47. The number of carbonyl (C=O) groups excluding carboxylic acids is 2. The second-order valence-electron chi connectivity index (χ2n) is 8.34. The highest BCUT2D eigenvalue weighted by Gasteiger charge is 2.26. The van der Waals surface area contributed by atoms with Gasteiger partial charge in [-0.1, -0.05) is 18.2 Å². The number of amides is 2. The van der Waals surface area contributed by atoms with Crippen LogP contribution in [0.3, 0.4) is 0 Å². The van der Waals surface area contributed by atoms with E-state index in [-0.39, 0.29) is 12.3 Å². The molecule has 0 saturated heterocycles. The Hall–Kier alpha value is -3.24. The van der Waals surface area contributed by atoms with Gasteiger partial charge in [-0.25, -0.2) is 15.8 Å². The van der Waals surface area contributed by atoms with Crippen LogP contribution in [0.25, 0.3) is 21.9 Å². The van der Waals surface area contributed by atoms with Gasteiger partial charge in [0.2, 0.25) is 12.3 Å². The average molecular weight is 442 g/mol. The largest absolute Gasteiger partial charge is 0.382 e. The van der Waals surface area contributed by atoms with E-state index in [0.29, 0.717) is 50.5 Å². The molecule has 2 heterocycles. The Kier molecular flexibility index (Phi) is 7.26. The fourth-order valence-corrected chi connectivity index (χ4v) is 3.73. The van der Waals surface area contributed by atoms with Crippen molar-refractivity contribution in [1.82, 2.24) is 24.9 Å². The first-order chi connectivity index (χ1) is 15.3. The molecule has 32 heavy (non-hydrogen) atoms. The zero-order valence-electron chi connectivity index (χ0n) is 18.8. The summed E-state index contributed by atoms with van der Waals surface area (Å²) in [6, 6.07) is 7.77. The van der Waals surface area contributed by atoms with Crippen molar-refractivity contribution in [3.05, 3.63) is 30.1 Å². The molecule has 3 rings (SSSR count). The molecule has 2 aromatic heterocycles. The van der Waals surface area contributed by atoms with Crippen LogP contribution in [0.1, 0.15) is 39.4 Å². The number of para-hydroxylation sites is 1. The van der Waals surface area contributed by atoms with Crippen LogP contribution in [0.4, 0.5) is 5.82 Å².